The number of fused-ring (bicyclic) bond motifs is 1. The normalized spacial score (nSPS) is 10.6. The van der Waals surface area contributed by atoms with E-state index in [0.29, 0.717) is 11.3 Å². The molecule has 142 valence electrons. The van der Waals surface area contributed by atoms with E-state index in [9.17, 15) is 29.8 Å². The van der Waals surface area contributed by atoms with Crippen molar-refractivity contribution in [1.82, 2.24) is 9.78 Å². The number of aromatic nitrogens is 2. The van der Waals surface area contributed by atoms with Crippen LogP contribution in [-0.4, -0.2) is 38.5 Å². The second-order valence-corrected chi connectivity index (χ2v) is 5.73. The van der Waals surface area contributed by atoms with Gasteiger partial charge in [-0.2, -0.15) is 5.10 Å². The molecule has 0 N–H and O–H groups in total. The Balaban J connectivity index is 2.39. The van der Waals surface area contributed by atoms with E-state index in [0.717, 1.165) is 23.9 Å². The highest BCUT2D eigenvalue weighted by atomic mass is 16.6. The molecule has 11 heteroatoms. The predicted octanol–water partition coefficient (Wildman–Crippen LogP) is 2.83. The van der Waals surface area contributed by atoms with E-state index < -0.39 is 27.2 Å². The zero-order chi connectivity index (χ0) is 20.6. The number of esters is 1. The molecule has 11 nitrogen and oxygen atoms in total. The molecule has 0 fully saturated rings. The number of ketones is 1. The average Bonchev–Trinajstić information content (AvgIpc) is 3.06. The molecule has 0 radical (unpaired) electrons. The maximum atomic E-state index is 12.1. The number of ether oxygens (including phenoxy) is 1. The second-order valence-electron chi connectivity index (χ2n) is 5.73. The van der Waals surface area contributed by atoms with E-state index in [4.69, 9.17) is 0 Å². The van der Waals surface area contributed by atoms with E-state index >= 15 is 0 Å². The Morgan fingerprint density at radius 2 is 1.71 bits per heavy atom. The van der Waals surface area contributed by atoms with Gasteiger partial charge >= 0.3 is 5.97 Å². The average molecular weight is 384 g/mol. The van der Waals surface area contributed by atoms with Crippen LogP contribution in [-0.2, 0) is 4.74 Å². The molecule has 0 saturated carbocycles. The van der Waals surface area contributed by atoms with Crippen LogP contribution >= 0.6 is 0 Å². The summed E-state index contributed by atoms with van der Waals surface area (Å²) in [6.45, 7) is 1.39. The molecule has 28 heavy (non-hydrogen) atoms. The fraction of sp³-hybridized carbons (Fsp3) is 0.118. The van der Waals surface area contributed by atoms with Crippen molar-refractivity contribution in [3.05, 3.63) is 67.9 Å². The summed E-state index contributed by atoms with van der Waals surface area (Å²) in [6, 6.07) is 7.88. The van der Waals surface area contributed by atoms with Gasteiger partial charge in [-0.05, 0) is 31.2 Å². The number of benzene rings is 2. The first kappa shape index (κ1) is 18.6. The summed E-state index contributed by atoms with van der Waals surface area (Å²) in [4.78, 5) is 44.6. The lowest BCUT2D eigenvalue weighted by Crippen LogP contribution is -2.05. The van der Waals surface area contributed by atoms with Gasteiger partial charge in [0.2, 0.25) is 0 Å². The van der Waals surface area contributed by atoms with Gasteiger partial charge in [-0.25, -0.2) is 9.48 Å². The molecule has 2 aromatic carbocycles. The van der Waals surface area contributed by atoms with Crippen LogP contribution in [0.3, 0.4) is 0 Å². The quantitative estimate of drug-likeness (QED) is 0.282. The third kappa shape index (κ3) is 3.05. The summed E-state index contributed by atoms with van der Waals surface area (Å²) < 4.78 is 5.80. The van der Waals surface area contributed by atoms with Gasteiger partial charge in [-0.15, -0.1) is 0 Å². The molecule has 0 saturated heterocycles. The van der Waals surface area contributed by atoms with E-state index in [1.165, 1.54) is 31.2 Å². The molecule has 0 amide bonds. The highest BCUT2D eigenvalue weighted by Crippen LogP contribution is 2.35. The Morgan fingerprint density at radius 1 is 1.07 bits per heavy atom. The topological polar surface area (TPSA) is 147 Å². The highest BCUT2D eigenvalue weighted by molar-refractivity contribution is 6.07. The number of Topliss-reactive ketones (excluding diaryl/α,β-unsaturated/α-hetero) is 1. The number of rotatable bonds is 5. The van der Waals surface area contributed by atoms with Crippen LogP contribution in [0.1, 0.15) is 27.8 Å². The number of methoxy groups -OCH3 is 1. The molecule has 0 bridgehead atoms. The van der Waals surface area contributed by atoms with E-state index in [1.807, 2.05) is 0 Å². The molecular weight excluding hydrogens is 372 g/mol. The van der Waals surface area contributed by atoms with Crippen LogP contribution < -0.4 is 0 Å². The van der Waals surface area contributed by atoms with Gasteiger partial charge < -0.3 is 4.74 Å². The summed E-state index contributed by atoms with van der Waals surface area (Å²) in [5.41, 5.74) is -0.773. The van der Waals surface area contributed by atoms with Crippen molar-refractivity contribution in [3.8, 4) is 5.69 Å². The maximum absolute atomic E-state index is 12.1. The Labute approximate surface area is 156 Å². The number of nitrogens with zero attached hydrogens (tertiary/aromatic N) is 4. The van der Waals surface area contributed by atoms with Crippen molar-refractivity contribution in [2.24, 2.45) is 0 Å². The lowest BCUT2D eigenvalue weighted by molar-refractivity contribution is -0.393. The Hall–Kier alpha value is -4.15. The Kier molecular flexibility index (Phi) is 4.57. The molecule has 0 unspecified atom stereocenters. The van der Waals surface area contributed by atoms with Crippen LogP contribution in [0, 0.1) is 20.2 Å². The van der Waals surface area contributed by atoms with Crippen LogP contribution in [0.25, 0.3) is 16.6 Å². The zero-order valence-electron chi connectivity index (χ0n) is 14.6. The number of hydrogen-bond acceptors (Lipinski definition) is 8. The van der Waals surface area contributed by atoms with Crippen molar-refractivity contribution in [1.29, 1.82) is 0 Å². The van der Waals surface area contributed by atoms with Crippen molar-refractivity contribution >= 4 is 34.0 Å². The van der Waals surface area contributed by atoms with Gasteiger partial charge in [-0.1, -0.05) is 0 Å². The van der Waals surface area contributed by atoms with Gasteiger partial charge in [-0.3, -0.25) is 25.0 Å². The van der Waals surface area contributed by atoms with Crippen LogP contribution in [0.4, 0.5) is 11.4 Å². The third-order valence-corrected chi connectivity index (χ3v) is 4.05. The number of carbonyl (C=O) groups excluding carboxylic acids is 2. The van der Waals surface area contributed by atoms with Crippen LogP contribution in [0.15, 0.2) is 36.4 Å². The van der Waals surface area contributed by atoms with E-state index in [-0.39, 0.29) is 22.4 Å². The number of nitro benzene ring substituents is 2. The smallest absolute Gasteiger partial charge is 0.359 e. The number of nitro groups is 2. The fourth-order valence-electron chi connectivity index (χ4n) is 2.73. The van der Waals surface area contributed by atoms with Gasteiger partial charge in [0.1, 0.15) is 5.39 Å². The van der Waals surface area contributed by atoms with Gasteiger partial charge in [0, 0.05) is 11.6 Å². The molecule has 0 spiro atoms. The molecule has 0 aliphatic carbocycles. The standard InChI is InChI=1S/C17H12N4O7/c1-9(22)10-3-5-11(6-4-10)19-13-7-12(20(24)25)8-14(21(26)27)15(13)16(18-19)17(23)28-2/h3-8H,1-2H3. The number of non-ortho nitro benzene ring substituents is 2. The second kappa shape index (κ2) is 6.87. The number of carbonyl (C=O) groups is 2. The summed E-state index contributed by atoms with van der Waals surface area (Å²) in [7, 11) is 1.09. The van der Waals surface area contributed by atoms with Gasteiger partial charge in [0.15, 0.2) is 11.5 Å². The van der Waals surface area contributed by atoms with E-state index in [2.05, 4.69) is 9.84 Å². The molecule has 3 rings (SSSR count). The predicted molar refractivity (Wildman–Crippen MR) is 95.7 cm³/mol. The summed E-state index contributed by atoms with van der Waals surface area (Å²) >= 11 is 0. The van der Waals surface area contributed by atoms with Crippen molar-refractivity contribution in [2.75, 3.05) is 7.11 Å². The zero-order valence-corrected chi connectivity index (χ0v) is 14.6. The van der Waals surface area contributed by atoms with Crippen molar-refractivity contribution in [3.63, 3.8) is 0 Å². The monoisotopic (exact) mass is 384 g/mol. The minimum atomic E-state index is -0.930. The lowest BCUT2D eigenvalue weighted by Gasteiger charge is -2.04. The first-order chi connectivity index (χ1) is 13.2. The van der Waals surface area contributed by atoms with Gasteiger partial charge in [0.25, 0.3) is 11.4 Å². The van der Waals surface area contributed by atoms with Gasteiger partial charge in [0.05, 0.1) is 34.2 Å². The summed E-state index contributed by atoms with van der Waals surface area (Å²) in [6.07, 6.45) is 0. The molecule has 1 heterocycles. The lowest BCUT2D eigenvalue weighted by atomic mass is 10.1. The summed E-state index contributed by atoms with van der Waals surface area (Å²) in [5.74, 6) is -1.10. The minimum Gasteiger partial charge on any atom is -0.464 e. The summed E-state index contributed by atoms with van der Waals surface area (Å²) in [5, 5.41) is 26.6. The molecule has 0 aliphatic heterocycles. The number of hydrogen-bond donors (Lipinski definition) is 0. The van der Waals surface area contributed by atoms with Crippen molar-refractivity contribution < 1.29 is 24.2 Å². The maximum Gasteiger partial charge on any atom is 0.359 e. The van der Waals surface area contributed by atoms with Crippen LogP contribution in [0.2, 0.25) is 0 Å². The highest BCUT2D eigenvalue weighted by Gasteiger charge is 2.30. The first-order valence-corrected chi connectivity index (χ1v) is 7.80. The molecule has 3 aromatic rings. The first-order valence-electron chi connectivity index (χ1n) is 7.80. The molecule has 0 atom stereocenters. The van der Waals surface area contributed by atoms with E-state index in [1.54, 1.807) is 0 Å². The molecular formula is C17H12N4O7. The molecule has 0 aliphatic rings. The fourth-order valence-corrected chi connectivity index (χ4v) is 2.73. The third-order valence-electron chi connectivity index (χ3n) is 4.05. The Bertz CT molecular complexity index is 1150. The Morgan fingerprint density at radius 3 is 2.21 bits per heavy atom. The largest absolute Gasteiger partial charge is 0.464 e. The molecule has 1 aromatic heterocycles. The minimum absolute atomic E-state index is 0.0168. The van der Waals surface area contributed by atoms with Crippen molar-refractivity contribution in [2.45, 2.75) is 6.92 Å². The van der Waals surface area contributed by atoms with Crippen LogP contribution in [0.5, 0.6) is 0 Å². The SMILES string of the molecule is COC(=O)c1nn(-c2ccc(C(C)=O)cc2)c2cc([N+](=O)[O-])cc([N+](=O)[O-])c12.